The maximum absolute atomic E-state index is 13.4. The van der Waals surface area contributed by atoms with E-state index in [1.54, 1.807) is 65.7 Å². The third-order valence-corrected chi connectivity index (χ3v) is 7.91. The highest BCUT2D eigenvalue weighted by Gasteiger charge is 2.26. The van der Waals surface area contributed by atoms with Crippen molar-refractivity contribution in [3.05, 3.63) is 107 Å². The molecule has 11 nitrogen and oxygen atoms in total. The van der Waals surface area contributed by atoms with E-state index in [0.29, 0.717) is 53.7 Å². The van der Waals surface area contributed by atoms with Crippen LogP contribution in [0.2, 0.25) is 0 Å². The molecule has 4 aromatic rings. The summed E-state index contributed by atoms with van der Waals surface area (Å²) in [6, 6.07) is 20.1. The monoisotopic (exact) mass is 613 g/mol. The normalized spacial score (nSPS) is 13.5. The van der Waals surface area contributed by atoms with Crippen LogP contribution in [-0.4, -0.2) is 71.5 Å². The molecule has 1 atom stereocenters. The average molecular weight is 614 g/mol. The van der Waals surface area contributed by atoms with E-state index in [4.69, 9.17) is 4.74 Å². The van der Waals surface area contributed by atoms with Crippen molar-refractivity contribution in [2.75, 3.05) is 43.0 Å². The number of aliphatic carboxylic acids is 1. The van der Waals surface area contributed by atoms with E-state index < -0.39 is 23.8 Å². The molecule has 1 unspecified atom stereocenters. The number of pyridine rings is 1. The highest BCUT2D eigenvalue weighted by atomic mass is 32.1. The number of anilines is 2. The van der Waals surface area contributed by atoms with E-state index in [2.05, 4.69) is 20.5 Å². The summed E-state index contributed by atoms with van der Waals surface area (Å²) in [5.74, 6) is -1.46. The molecule has 1 aliphatic heterocycles. The fourth-order valence-electron chi connectivity index (χ4n) is 4.86. The second kappa shape index (κ2) is 14.3. The van der Waals surface area contributed by atoms with Crippen molar-refractivity contribution in [3.8, 4) is 5.75 Å². The summed E-state index contributed by atoms with van der Waals surface area (Å²) in [6.45, 7) is 1.78. The number of carbonyl (C=O) groups is 4. The van der Waals surface area contributed by atoms with E-state index in [-0.39, 0.29) is 24.5 Å². The number of carboxylic acid groups (broad SMARTS) is 1. The maximum atomic E-state index is 13.4. The minimum Gasteiger partial charge on any atom is -0.484 e. The van der Waals surface area contributed by atoms with Gasteiger partial charge in [-0.2, -0.15) is 0 Å². The minimum absolute atomic E-state index is 0.0113. The van der Waals surface area contributed by atoms with E-state index in [1.165, 1.54) is 17.5 Å². The lowest BCUT2D eigenvalue weighted by molar-refractivity contribution is -0.137. The first-order valence-corrected chi connectivity index (χ1v) is 14.9. The Kier molecular flexibility index (Phi) is 9.82. The van der Waals surface area contributed by atoms with Gasteiger partial charge in [-0.1, -0.05) is 30.3 Å². The van der Waals surface area contributed by atoms with Gasteiger partial charge in [0.15, 0.2) is 6.61 Å². The summed E-state index contributed by atoms with van der Waals surface area (Å²) in [6.07, 6.45) is 2.75. The van der Waals surface area contributed by atoms with Gasteiger partial charge in [-0.15, -0.1) is 11.3 Å². The van der Waals surface area contributed by atoms with Crippen molar-refractivity contribution < 1.29 is 29.0 Å². The van der Waals surface area contributed by atoms with Crippen LogP contribution >= 0.6 is 11.3 Å². The fourth-order valence-corrected chi connectivity index (χ4v) is 5.55. The van der Waals surface area contributed by atoms with Gasteiger partial charge in [-0.05, 0) is 53.4 Å². The third-order valence-electron chi connectivity index (χ3n) is 7.06. The summed E-state index contributed by atoms with van der Waals surface area (Å²) in [5, 5.41) is 17.0. The molecule has 226 valence electrons. The molecule has 3 amide bonds. The second-order valence-corrected chi connectivity index (χ2v) is 11.0. The molecule has 0 radical (unpaired) electrons. The van der Waals surface area contributed by atoms with Gasteiger partial charge in [0, 0.05) is 44.1 Å². The summed E-state index contributed by atoms with van der Waals surface area (Å²) >= 11 is 1.41. The number of benzene rings is 2. The molecule has 1 aliphatic rings. The predicted molar refractivity (Wildman–Crippen MR) is 166 cm³/mol. The van der Waals surface area contributed by atoms with E-state index >= 15 is 0 Å². The first kappa shape index (κ1) is 30.2. The van der Waals surface area contributed by atoms with Crippen LogP contribution in [0, 0.1) is 0 Å². The lowest BCUT2D eigenvalue weighted by Crippen LogP contribution is -2.48. The quantitative estimate of drug-likeness (QED) is 0.230. The van der Waals surface area contributed by atoms with Crippen molar-refractivity contribution >= 4 is 46.4 Å². The number of nitrogens with zero attached hydrogens (tertiary/aromatic N) is 3. The molecule has 1 fully saturated rings. The number of aromatic nitrogens is 1. The van der Waals surface area contributed by atoms with Crippen LogP contribution in [0.3, 0.4) is 0 Å². The summed E-state index contributed by atoms with van der Waals surface area (Å²) < 4.78 is 5.61. The molecule has 0 bridgehead atoms. The smallest absolute Gasteiger partial charge is 0.305 e. The molecule has 12 heteroatoms. The Balaban J connectivity index is 1.34. The van der Waals surface area contributed by atoms with Crippen molar-refractivity contribution in [2.45, 2.75) is 12.5 Å². The summed E-state index contributed by atoms with van der Waals surface area (Å²) in [7, 11) is 0. The standard InChI is InChI=1S/C32H31N5O6S/c38-29(21-43-24-7-2-1-3-8-24)34-26-18-22(31(41)35-25(19-30(39)40)23-6-4-12-33-20-23)10-11-27(26)36-13-15-37(16-14-36)32(42)28-9-5-17-44-28/h1-12,17-18,20,25H,13-16,19,21H2,(H,34,38)(H,35,41)(H,39,40). The van der Waals surface area contributed by atoms with Crippen LogP contribution < -0.4 is 20.3 Å². The van der Waals surface area contributed by atoms with Crippen LogP contribution in [0.1, 0.15) is 38.1 Å². The van der Waals surface area contributed by atoms with Crippen LogP contribution in [0.5, 0.6) is 5.75 Å². The van der Waals surface area contributed by atoms with E-state index in [9.17, 15) is 24.3 Å². The molecule has 0 saturated carbocycles. The maximum Gasteiger partial charge on any atom is 0.305 e. The van der Waals surface area contributed by atoms with E-state index in [0.717, 1.165) is 0 Å². The Morgan fingerprint density at radius 1 is 0.955 bits per heavy atom. The van der Waals surface area contributed by atoms with Gasteiger partial charge in [-0.3, -0.25) is 24.2 Å². The lowest BCUT2D eigenvalue weighted by Gasteiger charge is -2.37. The van der Waals surface area contributed by atoms with Gasteiger partial charge in [0.1, 0.15) is 5.75 Å². The average Bonchev–Trinajstić information content (AvgIpc) is 3.59. The van der Waals surface area contributed by atoms with Crippen LogP contribution in [0.25, 0.3) is 0 Å². The summed E-state index contributed by atoms with van der Waals surface area (Å²) in [4.78, 5) is 59.3. The van der Waals surface area contributed by atoms with Crippen LogP contribution in [-0.2, 0) is 9.59 Å². The molecule has 3 heterocycles. The number of thiophene rings is 1. The zero-order chi connectivity index (χ0) is 30.9. The first-order valence-electron chi connectivity index (χ1n) is 14.0. The number of ether oxygens (including phenoxy) is 1. The largest absolute Gasteiger partial charge is 0.484 e. The first-order chi connectivity index (χ1) is 21.4. The van der Waals surface area contributed by atoms with Gasteiger partial charge >= 0.3 is 5.97 Å². The molecule has 1 saturated heterocycles. The number of carbonyl (C=O) groups excluding carboxylic acids is 3. The number of piperazine rings is 1. The van der Waals surface area contributed by atoms with Crippen molar-refractivity contribution in [3.63, 3.8) is 0 Å². The molecule has 0 aliphatic carbocycles. The Morgan fingerprint density at radius 2 is 1.75 bits per heavy atom. The number of rotatable bonds is 11. The highest BCUT2D eigenvalue weighted by molar-refractivity contribution is 7.12. The van der Waals surface area contributed by atoms with Crippen molar-refractivity contribution in [1.29, 1.82) is 0 Å². The highest BCUT2D eigenvalue weighted by Crippen LogP contribution is 2.29. The molecular weight excluding hydrogens is 582 g/mol. The predicted octanol–water partition coefficient (Wildman–Crippen LogP) is 4.07. The van der Waals surface area contributed by atoms with Crippen LogP contribution in [0.4, 0.5) is 11.4 Å². The SMILES string of the molecule is O=C(O)CC(NC(=O)c1ccc(N2CCN(C(=O)c3cccs3)CC2)c(NC(=O)COc2ccccc2)c1)c1cccnc1. The number of hydrogen-bond acceptors (Lipinski definition) is 8. The zero-order valence-corrected chi connectivity index (χ0v) is 24.5. The Hall–Kier alpha value is -5.23. The fraction of sp³-hybridized carbons (Fsp3) is 0.219. The minimum atomic E-state index is -1.07. The number of nitrogens with one attached hydrogen (secondary N) is 2. The Labute approximate surface area is 258 Å². The number of hydrogen-bond donors (Lipinski definition) is 3. The summed E-state index contributed by atoms with van der Waals surface area (Å²) in [5.41, 5.74) is 1.88. The Bertz CT molecular complexity index is 1590. The molecule has 2 aromatic heterocycles. The van der Waals surface area contributed by atoms with Gasteiger partial charge in [0.25, 0.3) is 17.7 Å². The van der Waals surface area contributed by atoms with E-state index in [1.807, 2.05) is 23.6 Å². The van der Waals surface area contributed by atoms with Crippen molar-refractivity contribution in [1.82, 2.24) is 15.2 Å². The zero-order valence-electron chi connectivity index (χ0n) is 23.7. The molecule has 5 rings (SSSR count). The second-order valence-electron chi connectivity index (χ2n) is 10.0. The molecule has 3 N–H and O–H groups in total. The third kappa shape index (κ3) is 7.78. The van der Waals surface area contributed by atoms with Gasteiger partial charge in [-0.25, -0.2) is 0 Å². The number of carboxylic acids is 1. The van der Waals surface area contributed by atoms with Gasteiger partial charge in [0.05, 0.1) is 28.7 Å². The topological polar surface area (TPSA) is 141 Å². The molecular formula is C32H31N5O6S. The lowest BCUT2D eigenvalue weighted by atomic mass is 10.0. The van der Waals surface area contributed by atoms with Crippen molar-refractivity contribution in [2.24, 2.45) is 0 Å². The number of amides is 3. The van der Waals surface area contributed by atoms with Gasteiger partial charge < -0.3 is 30.3 Å². The molecule has 44 heavy (non-hydrogen) atoms. The Morgan fingerprint density at radius 3 is 2.43 bits per heavy atom. The van der Waals surface area contributed by atoms with Gasteiger partial charge in [0.2, 0.25) is 0 Å². The molecule has 0 spiro atoms. The molecule has 2 aromatic carbocycles. The number of para-hydroxylation sites is 1. The van der Waals surface area contributed by atoms with Crippen LogP contribution in [0.15, 0.2) is 90.6 Å².